The van der Waals surface area contributed by atoms with Gasteiger partial charge in [-0.25, -0.2) is 0 Å². The van der Waals surface area contributed by atoms with Crippen molar-refractivity contribution >= 4 is 5.91 Å². The van der Waals surface area contributed by atoms with E-state index in [0.29, 0.717) is 17.9 Å². The zero-order chi connectivity index (χ0) is 19.0. The molecule has 1 aliphatic carbocycles. The number of carbonyl (C=O) groups excluding carboxylic acids is 1. The molecule has 152 valence electrons. The van der Waals surface area contributed by atoms with Gasteiger partial charge in [0, 0.05) is 38.4 Å². The first kappa shape index (κ1) is 18.6. The molecule has 0 radical (unpaired) electrons. The molecule has 1 amide bonds. The van der Waals surface area contributed by atoms with Crippen molar-refractivity contribution in [2.75, 3.05) is 32.7 Å². The summed E-state index contributed by atoms with van der Waals surface area (Å²) in [7, 11) is 0. The van der Waals surface area contributed by atoms with E-state index in [-0.39, 0.29) is 5.54 Å². The number of aromatic nitrogens is 1. The molecule has 0 unspecified atom stereocenters. The summed E-state index contributed by atoms with van der Waals surface area (Å²) in [5, 5.41) is 0. The molecule has 6 rings (SSSR count). The van der Waals surface area contributed by atoms with Gasteiger partial charge in [0.2, 0.25) is 5.91 Å². The van der Waals surface area contributed by atoms with Crippen molar-refractivity contribution in [3.8, 4) is 0 Å². The molecule has 0 spiro atoms. The summed E-state index contributed by atoms with van der Waals surface area (Å²) in [4.78, 5) is 25.9. The molecule has 2 atom stereocenters. The first-order chi connectivity index (χ1) is 13.7. The van der Waals surface area contributed by atoms with E-state index in [1.807, 2.05) is 12.3 Å². The number of nitrogens with zero attached hydrogens (tertiary/aromatic N) is 4. The quantitative estimate of drug-likeness (QED) is 0.803. The topological polar surface area (TPSA) is 39.7 Å². The second kappa shape index (κ2) is 7.75. The van der Waals surface area contributed by atoms with Crippen molar-refractivity contribution in [2.45, 2.75) is 69.5 Å². The van der Waals surface area contributed by atoms with E-state index in [4.69, 9.17) is 0 Å². The standard InChI is InChI=1S/C23H34N4O/c28-22(23(10-2-3-11-23)26-13-5-6-14-26)27-16-19-8-9-21(27)18-25(15-19)17-20-7-1-4-12-24-20/h1,4,7,12,19,21H,2-3,5-6,8-11,13-18H2/t19-,21+/m0/s1. The number of fused-ring (bicyclic) bond motifs is 4. The molecule has 5 aliphatic rings. The van der Waals surface area contributed by atoms with Crippen LogP contribution in [0.25, 0.3) is 0 Å². The fourth-order valence-corrected chi connectivity index (χ4v) is 6.32. The van der Waals surface area contributed by atoms with Crippen LogP contribution < -0.4 is 0 Å². The van der Waals surface area contributed by atoms with Crippen molar-refractivity contribution in [3.05, 3.63) is 30.1 Å². The second-order valence-corrected chi connectivity index (χ2v) is 9.50. The summed E-state index contributed by atoms with van der Waals surface area (Å²) in [6.45, 7) is 6.24. The van der Waals surface area contributed by atoms with Crippen LogP contribution in [0.2, 0.25) is 0 Å². The van der Waals surface area contributed by atoms with Gasteiger partial charge in [-0.1, -0.05) is 18.9 Å². The van der Waals surface area contributed by atoms with E-state index >= 15 is 0 Å². The summed E-state index contributed by atoms with van der Waals surface area (Å²) in [5.74, 6) is 1.09. The van der Waals surface area contributed by atoms with Crippen molar-refractivity contribution in [1.29, 1.82) is 0 Å². The van der Waals surface area contributed by atoms with Crippen LogP contribution in [0, 0.1) is 5.92 Å². The van der Waals surface area contributed by atoms with E-state index < -0.39 is 0 Å². The number of amides is 1. The van der Waals surface area contributed by atoms with E-state index in [0.717, 1.165) is 57.8 Å². The molecule has 1 aromatic heterocycles. The molecule has 5 heteroatoms. The van der Waals surface area contributed by atoms with Gasteiger partial charge in [0.05, 0.1) is 5.69 Å². The minimum absolute atomic E-state index is 0.174. The maximum Gasteiger partial charge on any atom is 0.243 e. The van der Waals surface area contributed by atoms with E-state index in [1.165, 1.54) is 38.5 Å². The number of piperidine rings is 1. The van der Waals surface area contributed by atoms with Gasteiger partial charge in [0.15, 0.2) is 0 Å². The van der Waals surface area contributed by atoms with Crippen LogP contribution in [0.5, 0.6) is 0 Å². The van der Waals surface area contributed by atoms with Crippen LogP contribution in [0.3, 0.4) is 0 Å². The van der Waals surface area contributed by atoms with Crippen molar-refractivity contribution in [2.24, 2.45) is 5.92 Å². The highest BCUT2D eigenvalue weighted by atomic mass is 16.2. The van der Waals surface area contributed by atoms with Gasteiger partial charge in [0.1, 0.15) is 5.54 Å². The van der Waals surface area contributed by atoms with Crippen LogP contribution >= 0.6 is 0 Å². The van der Waals surface area contributed by atoms with Crippen molar-refractivity contribution in [3.63, 3.8) is 0 Å². The predicted molar refractivity (Wildman–Crippen MR) is 110 cm³/mol. The van der Waals surface area contributed by atoms with Gasteiger partial charge in [-0.05, 0) is 69.7 Å². The summed E-state index contributed by atoms with van der Waals surface area (Å²) in [5.41, 5.74) is 0.971. The molecule has 28 heavy (non-hydrogen) atoms. The fourth-order valence-electron chi connectivity index (χ4n) is 6.32. The zero-order valence-electron chi connectivity index (χ0n) is 17.1. The van der Waals surface area contributed by atoms with E-state index in [2.05, 4.69) is 31.8 Å². The minimum atomic E-state index is -0.174. The molecule has 5 nitrogen and oxygen atoms in total. The van der Waals surface area contributed by atoms with Crippen LogP contribution in [0.15, 0.2) is 24.4 Å². The Labute approximate surface area is 169 Å². The van der Waals surface area contributed by atoms with Crippen LogP contribution in [0.4, 0.5) is 0 Å². The first-order valence-electron chi connectivity index (χ1n) is 11.4. The fraction of sp³-hybridized carbons (Fsp3) is 0.739. The molecule has 0 aromatic carbocycles. The van der Waals surface area contributed by atoms with E-state index in [9.17, 15) is 4.79 Å². The van der Waals surface area contributed by atoms with Crippen molar-refractivity contribution < 1.29 is 4.79 Å². The summed E-state index contributed by atoms with van der Waals surface area (Å²) >= 11 is 0. The van der Waals surface area contributed by atoms with Gasteiger partial charge in [-0.15, -0.1) is 0 Å². The van der Waals surface area contributed by atoms with Gasteiger partial charge < -0.3 is 4.90 Å². The molecule has 2 bridgehead atoms. The Balaban J connectivity index is 1.34. The SMILES string of the molecule is O=C(N1C[C@H]2CC[C@@H]1CN(Cc1ccccn1)C2)C1(N2CCCC2)CCCC1. The molecule has 0 N–H and O–H groups in total. The largest absolute Gasteiger partial charge is 0.336 e. The molecule has 4 aliphatic heterocycles. The maximum atomic E-state index is 14.0. The summed E-state index contributed by atoms with van der Waals surface area (Å²) < 4.78 is 0. The Kier molecular flexibility index (Phi) is 5.14. The third-order valence-corrected chi connectivity index (χ3v) is 7.70. The molecular weight excluding hydrogens is 348 g/mol. The number of hydrogen-bond donors (Lipinski definition) is 0. The lowest BCUT2D eigenvalue weighted by Gasteiger charge is -2.45. The van der Waals surface area contributed by atoms with Gasteiger partial charge in [0.25, 0.3) is 0 Å². The highest BCUT2D eigenvalue weighted by molar-refractivity contribution is 5.87. The lowest BCUT2D eigenvalue weighted by molar-refractivity contribution is -0.148. The third kappa shape index (κ3) is 3.37. The normalized spacial score (nSPS) is 30.6. The van der Waals surface area contributed by atoms with E-state index in [1.54, 1.807) is 0 Å². The van der Waals surface area contributed by atoms with Crippen LogP contribution in [0.1, 0.15) is 57.1 Å². The molecule has 4 saturated heterocycles. The maximum absolute atomic E-state index is 14.0. The summed E-state index contributed by atoms with van der Waals surface area (Å²) in [6.07, 6.45) is 11.4. The second-order valence-electron chi connectivity index (χ2n) is 9.50. The number of likely N-dealkylation sites (tertiary alicyclic amines) is 1. The average molecular weight is 383 g/mol. The van der Waals surface area contributed by atoms with Gasteiger partial charge >= 0.3 is 0 Å². The Morgan fingerprint density at radius 2 is 1.86 bits per heavy atom. The Hall–Kier alpha value is -1.46. The van der Waals surface area contributed by atoms with Crippen LogP contribution in [-0.4, -0.2) is 69.9 Å². The number of hydrogen-bond acceptors (Lipinski definition) is 4. The summed E-state index contributed by atoms with van der Waals surface area (Å²) in [6, 6.07) is 6.56. The monoisotopic (exact) mass is 382 g/mol. The highest BCUT2D eigenvalue weighted by Gasteiger charge is 2.51. The number of rotatable bonds is 4. The number of pyridine rings is 1. The average Bonchev–Trinajstić information content (AvgIpc) is 3.36. The Morgan fingerprint density at radius 1 is 1.04 bits per heavy atom. The predicted octanol–water partition coefficient (Wildman–Crippen LogP) is 2.91. The lowest BCUT2D eigenvalue weighted by atomic mass is 9.88. The zero-order valence-corrected chi connectivity index (χ0v) is 17.1. The van der Waals surface area contributed by atoms with Gasteiger partial charge in [-0.3, -0.25) is 19.6 Å². The minimum Gasteiger partial charge on any atom is -0.336 e. The lowest BCUT2D eigenvalue weighted by Crippen LogP contribution is -2.61. The van der Waals surface area contributed by atoms with Gasteiger partial charge in [-0.2, -0.15) is 0 Å². The van der Waals surface area contributed by atoms with Crippen LogP contribution in [-0.2, 0) is 11.3 Å². The Morgan fingerprint density at radius 3 is 2.61 bits per heavy atom. The molecular formula is C23H34N4O. The smallest absolute Gasteiger partial charge is 0.243 e. The number of carbonyl (C=O) groups is 1. The van der Waals surface area contributed by atoms with Crippen molar-refractivity contribution in [1.82, 2.24) is 19.7 Å². The first-order valence-corrected chi connectivity index (χ1v) is 11.4. The Bertz CT molecular complexity index is 681. The highest BCUT2D eigenvalue weighted by Crippen LogP contribution is 2.41. The molecule has 5 fully saturated rings. The molecule has 1 saturated carbocycles. The molecule has 5 heterocycles. The molecule has 1 aromatic rings. The third-order valence-electron chi connectivity index (χ3n) is 7.70.